The first-order valence-electron chi connectivity index (χ1n) is 6.47. The number of anilines is 1. The summed E-state index contributed by atoms with van der Waals surface area (Å²) in [5.41, 5.74) is 1.74. The van der Waals surface area contributed by atoms with Crippen LogP contribution >= 0.6 is 0 Å². The van der Waals surface area contributed by atoms with Gasteiger partial charge in [-0.15, -0.1) is 0 Å². The van der Waals surface area contributed by atoms with Gasteiger partial charge in [0.1, 0.15) is 0 Å². The maximum atomic E-state index is 11.4. The van der Waals surface area contributed by atoms with Gasteiger partial charge in [0.05, 0.1) is 6.10 Å². The molecular formula is C15H21NO2. The molecule has 0 bridgehead atoms. The fraction of sp³-hybridized carbons (Fsp3) is 0.533. The molecule has 1 aromatic rings. The number of rotatable bonds is 2. The van der Waals surface area contributed by atoms with Gasteiger partial charge in [0.2, 0.25) is 0 Å². The van der Waals surface area contributed by atoms with Crippen LogP contribution in [0, 0.1) is 0 Å². The minimum Gasteiger partial charge on any atom is -0.393 e. The van der Waals surface area contributed by atoms with Gasteiger partial charge in [-0.05, 0) is 45.7 Å². The number of hydrogen-bond acceptors (Lipinski definition) is 3. The summed E-state index contributed by atoms with van der Waals surface area (Å²) in [4.78, 5) is 13.7. The van der Waals surface area contributed by atoms with E-state index in [0.29, 0.717) is 0 Å². The molecule has 1 aliphatic rings. The van der Waals surface area contributed by atoms with Gasteiger partial charge < -0.3 is 10.0 Å². The molecule has 1 aromatic carbocycles. The molecule has 1 fully saturated rings. The van der Waals surface area contributed by atoms with Crippen molar-refractivity contribution in [3.8, 4) is 0 Å². The Kier molecular flexibility index (Phi) is 3.44. The fourth-order valence-electron chi connectivity index (χ4n) is 2.74. The molecule has 0 amide bonds. The molecule has 0 aromatic heterocycles. The van der Waals surface area contributed by atoms with Crippen molar-refractivity contribution in [2.45, 2.75) is 45.3 Å². The lowest BCUT2D eigenvalue weighted by molar-refractivity contribution is 0.101. The number of benzene rings is 1. The van der Waals surface area contributed by atoms with E-state index < -0.39 is 0 Å². The number of aliphatic hydroxyl groups excluding tert-OH is 1. The Bertz CT molecular complexity index is 454. The van der Waals surface area contributed by atoms with Gasteiger partial charge in [-0.2, -0.15) is 0 Å². The molecule has 1 atom stereocenters. The molecule has 1 N–H and O–H groups in total. The number of carbonyl (C=O) groups is 1. The smallest absolute Gasteiger partial charge is 0.159 e. The van der Waals surface area contributed by atoms with Crippen LogP contribution in [0.15, 0.2) is 24.3 Å². The monoisotopic (exact) mass is 247 g/mol. The predicted molar refractivity (Wildman–Crippen MR) is 73.1 cm³/mol. The Morgan fingerprint density at radius 3 is 2.78 bits per heavy atom. The van der Waals surface area contributed by atoms with Crippen molar-refractivity contribution in [2.75, 3.05) is 11.4 Å². The van der Waals surface area contributed by atoms with E-state index in [1.165, 1.54) is 0 Å². The van der Waals surface area contributed by atoms with Crippen molar-refractivity contribution in [3.05, 3.63) is 29.8 Å². The maximum Gasteiger partial charge on any atom is 0.159 e. The Labute approximate surface area is 108 Å². The second-order valence-corrected chi connectivity index (χ2v) is 5.72. The van der Waals surface area contributed by atoms with Crippen LogP contribution < -0.4 is 4.90 Å². The Morgan fingerprint density at radius 2 is 2.17 bits per heavy atom. The van der Waals surface area contributed by atoms with Gasteiger partial charge in [-0.1, -0.05) is 12.1 Å². The van der Waals surface area contributed by atoms with E-state index in [2.05, 4.69) is 18.7 Å². The Balaban J connectivity index is 2.30. The quantitative estimate of drug-likeness (QED) is 0.817. The van der Waals surface area contributed by atoms with E-state index in [1.807, 2.05) is 24.3 Å². The number of ketones is 1. The van der Waals surface area contributed by atoms with Crippen molar-refractivity contribution in [3.63, 3.8) is 0 Å². The average molecular weight is 247 g/mol. The number of Topliss-reactive ketones (excluding diaryl/α,β-unsaturated/α-hetero) is 1. The van der Waals surface area contributed by atoms with Gasteiger partial charge in [0.15, 0.2) is 5.78 Å². The zero-order valence-corrected chi connectivity index (χ0v) is 11.3. The topological polar surface area (TPSA) is 40.5 Å². The molecule has 0 aliphatic carbocycles. The molecule has 1 saturated heterocycles. The van der Waals surface area contributed by atoms with Crippen LogP contribution in [0.1, 0.15) is 44.0 Å². The van der Waals surface area contributed by atoms with Crippen molar-refractivity contribution in [1.29, 1.82) is 0 Å². The largest absolute Gasteiger partial charge is 0.393 e. The standard InChI is InChI=1S/C15H21NO2/c1-11(17)12-5-4-6-13(9-12)16-8-7-14(18)10-15(16,2)3/h4-6,9,14,18H,7-8,10H2,1-3H3. The van der Waals surface area contributed by atoms with E-state index in [1.54, 1.807) is 6.92 Å². The summed E-state index contributed by atoms with van der Waals surface area (Å²) in [7, 11) is 0. The lowest BCUT2D eigenvalue weighted by Crippen LogP contribution is -2.51. The SMILES string of the molecule is CC(=O)c1cccc(N2CCC(O)CC2(C)C)c1. The van der Waals surface area contributed by atoms with Crippen LogP contribution in [-0.4, -0.2) is 29.1 Å². The van der Waals surface area contributed by atoms with Crippen LogP contribution in [0.2, 0.25) is 0 Å². The van der Waals surface area contributed by atoms with Crippen LogP contribution in [-0.2, 0) is 0 Å². The van der Waals surface area contributed by atoms with Gasteiger partial charge in [-0.25, -0.2) is 0 Å². The zero-order valence-electron chi connectivity index (χ0n) is 11.3. The highest BCUT2D eigenvalue weighted by Crippen LogP contribution is 2.33. The number of nitrogens with zero attached hydrogens (tertiary/aromatic N) is 1. The van der Waals surface area contributed by atoms with E-state index in [9.17, 15) is 9.90 Å². The van der Waals surface area contributed by atoms with Crippen LogP contribution in [0.25, 0.3) is 0 Å². The number of carbonyl (C=O) groups excluding carboxylic acids is 1. The molecule has 2 rings (SSSR count). The van der Waals surface area contributed by atoms with Crippen LogP contribution in [0.4, 0.5) is 5.69 Å². The zero-order chi connectivity index (χ0) is 13.3. The molecule has 3 heteroatoms. The fourth-order valence-corrected chi connectivity index (χ4v) is 2.74. The molecule has 0 saturated carbocycles. The summed E-state index contributed by atoms with van der Waals surface area (Å²) in [5.74, 6) is 0.0895. The summed E-state index contributed by atoms with van der Waals surface area (Å²) in [6, 6.07) is 7.75. The van der Waals surface area contributed by atoms with Gasteiger partial charge in [0.25, 0.3) is 0 Å². The molecule has 0 spiro atoms. The lowest BCUT2D eigenvalue weighted by Gasteiger charge is -2.46. The summed E-state index contributed by atoms with van der Waals surface area (Å²) in [6.45, 7) is 6.69. The van der Waals surface area contributed by atoms with Crippen LogP contribution in [0.5, 0.6) is 0 Å². The normalized spacial score (nSPS) is 22.9. The Morgan fingerprint density at radius 1 is 1.44 bits per heavy atom. The van der Waals surface area contributed by atoms with E-state index >= 15 is 0 Å². The molecule has 98 valence electrons. The van der Waals surface area contributed by atoms with Gasteiger partial charge >= 0.3 is 0 Å². The minimum atomic E-state index is -0.216. The third-order valence-electron chi connectivity index (χ3n) is 3.72. The summed E-state index contributed by atoms with van der Waals surface area (Å²) < 4.78 is 0. The highest BCUT2D eigenvalue weighted by atomic mass is 16.3. The first-order chi connectivity index (χ1) is 8.40. The second-order valence-electron chi connectivity index (χ2n) is 5.72. The van der Waals surface area contributed by atoms with Gasteiger partial charge in [0, 0.05) is 23.3 Å². The highest BCUT2D eigenvalue weighted by Gasteiger charge is 2.34. The molecule has 1 heterocycles. The molecular weight excluding hydrogens is 226 g/mol. The molecule has 0 radical (unpaired) electrons. The number of aliphatic hydroxyl groups is 1. The second kappa shape index (κ2) is 4.73. The van der Waals surface area contributed by atoms with Crippen molar-refractivity contribution in [1.82, 2.24) is 0 Å². The minimum absolute atomic E-state index is 0.0763. The third kappa shape index (κ3) is 2.56. The molecule has 1 aliphatic heterocycles. The Hall–Kier alpha value is -1.35. The van der Waals surface area contributed by atoms with E-state index in [-0.39, 0.29) is 17.4 Å². The van der Waals surface area contributed by atoms with Crippen molar-refractivity contribution < 1.29 is 9.90 Å². The average Bonchev–Trinajstić information content (AvgIpc) is 2.27. The van der Waals surface area contributed by atoms with Crippen LogP contribution in [0.3, 0.4) is 0 Å². The predicted octanol–water partition coefficient (Wildman–Crippen LogP) is 2.63. The third-order valence-corrected chi connectivity index (χ3v) is 3.72. The molecule has 3 nitrogen and oxygen atoms in total. The number of piperidine rings is 1. The van der Waals surface area contributed by atoms with E-state index in [0.717, 1.165) is 30.6 Å². The first kappa shape index (κ1) is 13.1. The van der Waals surface area contributed by atoms with Gasteiger partial charge in [-0.3, -0.25) is 4.79 Å². The number of hydrogen-bond donors (Lipinski definition) is 1. The first-order valence-corrected chi connectivity index (χ1v) is 6.47. The maximum absolute atomic E-state index is 11.4. The summed E-state index contributed by atoms with van der Waals surface area (Å²) in [6.07, 6.45) is 1.33. The van der Waals surface area contributed by atoms with Crippen molar-refractivity contribution >= 4 is 11.5 Å². The summed E-state index contributed by atoms with van der Waals surface area (Å²) in [5, 5.41) is 9.77. The van der Waals surface area contributed by atoms with E-state index in [4.69, 9.17) is 0 Å². The molecule has 18 heavy (non-hydrogen) atoms. The molecule has 1 unspecified atom stereocenters. The lowest BCUT2D eigenvalue weighted by atomic mass is 9.88. The summed E-state index contributed by atoms with van der Waals surface area (Å²) >= 11 is 0. The van der Waals surface area contributed by atoms with Crippen molar-refractivity contribution in [2.24, 2.45) is 0 Å². The highest BCUT2D eigenvalue weighted by molar-refractivity contribution is 5.95.